The second-order valence-electron chi connectivity index (χ2n) is 7.09. The molecular formula is C23H19N5OS. The van der Waals surface area contributed by atoms with Crippen molar-refractivity contribution >= 4 is 22.7 Å². The van der Waals surface area contributed by atoms with Crippen LogP contribution in [0.15, 0.2) is 81.8 Å². The Labute approximate surface area is 178 Å². The first-order valence-electron chi connectivity index (χ1n) is 9.60. The van der Waals surface area contributed by atoms with Gasteiger partial charge in [-0.2, -0.15) is 0 Å². The van der Waals surface area contributed by atoms with Crippen molar-refractivity contribution in [2.75, 3.05) is 0 Å². The molecule has 0 radical (unpaired) electrons. The van der Waals surface area contributed by atoms with Crippen LogP contribution in [0.5, 0.6) is 0 Å². The molecule has 0 aliphatic carbocycles. The smallest absolute Gasteiger partial charge is 0.198 e. The van der Waals surface area contributed by atoms with E-state index in [9.17, 15) is 0 Å². The summed E-state index contributed by atoms with van der Waals surface area (Å²) in [6.07, 6.45) is 3.27. The van der Waals surface area contributed by atoms with Gasteiger partial charge in [0.05, 0.1) is 18.3 Å². The Morgan fingerprint density at radius 2 is 1.87 bits per heavy atom. The molecule has 2 aromatic carbocycles. The van der Waals surface area contributed by atoms with Crippen LogP contribution in [0, 0.1) is 13.8 Å². The second kappa shape index (κ2) is 7.76. The molecule has 0 amide bonds. The Hall–Kier alpha value is -3.45. The van der Waals surface area contributed by atoms with Crippen molar-refractivity contribution in [2.24, 2.45) is 0 Å². The fourth-order valence-corrected chi connectivity index (χ4v) is 4.29. The van der Waals surface area contributed by atoms with E-state index in [4.69, 9.17) is 4.42 Å². The van der Waals surface area contributed by atoms with Crippen LogP contribution in [-0.4, -0.2) is 24.7 Å². The van der Waals surface area contributed by atoms with Gasteiger partial charge in [-0.25, -0.2) is 9.97 Å². The Balaban J connectivity index is 1.62. The van der Waals surface area contributed by atoms with Gasteiger partial charge in [0.1, 0.15) is 17.1 Å². The van der Waals surface area contributed by atoms with E-state index in [0.717, 1.165) is 49.4 Å². The molecular weight excluding hydrogens is 394 g/mol. The number of benzene rings is 2. The van der Waals surface area contributed by atoms with Gasteiger partial charge in [-0.1, -0.05) is 35.9 Å². The van der Waals surface area contributed by atoms with E-state index < -0.39 is 0 Å². The van der Waals surface area contributed by atoms with Crippen LogP contribution in [0.25, 0.3) is 22.3 Å². The van der Waals surface area contributed by atoms with Crippen LogP contribution in [0.3, 0.4) is 0 Å². The van der Waals surface area contributed by atoms with Crippen LogP contribution in [-0.2, 0) is 6.54 Å². The molecule has 0 spiro atoms. The highest BCUT2D eigenvalue weighted by Gasteiger charge is 2.19. The van der Waals surface area contributed by atoms with Crippen molar-refractivity contribution in [2.45, 2.75) is 30.6 Å². The lowest BCUT2D eigenvalue weighted by molar-refractivity contribution is 0.485. The number of rotatable bonds is 5. The highest BCUT2D eigenvalue weighted by Crippen LogP contribution is 2.33. The molecule has 0 bridgehead atoms. The van der Waals surface area contributed by atoms with E-state index >= 15 is 0 Å². The first kappa shape index (κ1) is 18.6. The van der Waals surface area contributed by atoms with Crippen LogP contribution in [0.4, 0.5) is 0 Å². The standard InChI is InChI=1S/C23H19N5OS/c1-15-9-10-20-19(12-15)22(25-14-24-20)30-23-27-26-21(18-8-4-3-6-16(18)2)28(23)13-17-7-5-11-29-17/h3-12,14H,13H2,1-2H3. The van der Waals surface area contributed by atoms with Crippen LogP contribution in [0.1, 0.15) is 16.9 Å². The summed E-state index contributed by atoms with van der Waals surface area (Å²) in [6, 6.07) is 18.2. The molecule has 0 atom stereocenters. The summed E-state index contributed by atoms with van der Waals surface area (Å²) in [5.41, 5.74) is 4.27. The summed E-state index contributed by atoms with van der Waals surface area (Å²) in [7, 11) is 0. The largest absolute Gasteiger partial charge is 0.467 e. The van der Waals surface area contributed by atoms with Gasteiger partial charge in [-0.3, -0.25) is 4.57 Å². The third kappa shape index (κ3) is 3.48. The average molecular weight is 414 g/mol. The maximum Gasteiger partial charge on any atom is 0.198 e. The fraction of sp³-hybridized carbons (Fsp3) is 0.130. The molecule has 0 N–H and O–H groups in total. The molecule has 5 rings (SSSR count). The van der Waals surface area contributed by atoms with Gasteiger partial charge < -0.3 is 4.42 Å². The molecule has 3 heterocycles. The molecule has 0 saturated carbocycles. The van der Waals surface area contributed by atoms with Crippen LogP contribution >= 0.6 is 11.8 Å². The fourth-order valence-electron chi connectivity index (χ4n) is 3.40. The summed E-state index contributed by atoms with van der Waals surface area (Å²) in [5.74, 6) is 1.65. The number of hydrogen-bond donors (Lipinski definition) is 0. The van der Waals surface area contributed by atoms with Gasteiger partial charge >= 0.3 is 0 Å². The van der Waals surface area contributed by atoms with Gasteiger partial charge in [0, 0.05) is 10.9 Å². The maximum atomic E-state index is 5.61. The molecule has 0 unspecified atom stereocenters. The normalized spacial score (nSPS) is 11.3. The first-order chi connectivity index (χ1) is 14.7. The lowest BCUT2D eigenvalue weighted by Crippen LogP contribution is -2.04. The number of fused-ring (bicyclic) bond motifs is 1. The minimum Gasteiger partial charge on any atom is -0.467 e. The van der Waals surface area contributed by atoms with E-state index in [2.05, 4.69) is 62.8 Å². The molecule has 7 heteroatoms. The van der Waals surface area contributed by atoms with Crippen molar-refractivity contribution in [1.82, 2.24) is 24.7 Å². The number of furan rings is 1. The molecule has 5 aromatic rings. The van der Waals surface area contributed by atoms with Crippen molar-refractivity contribution in [3.05, 3.63) is 84.1 Å². The summed E-state index contributed by atoms with van der Waals surface area (Å²) in [4.78, 5) is 8.92. The van der Waals surface area contributed by atoms with E-state index in [0.29, 0.717) is 6.54 Å². The van der Waals surface area contributed by atoms with Gasteiger partial charge in [-0.05, 0) is 55.4 Å². The zero-order chi connectivity index (χ0) is 20.5. The zero-order valence-corrected chi connectivity index (χ0v) is 17.4. The molecule has 6 nitrogen and oxygen atoms in total. The van der Waals surface area contributed by atoms with Crippen molar-refractivity contribution in [3.63, 3.8) is 0 Å². The third-order valence-electron chi connectivity index (χ3n) is 4.94. The Morgan fingerprint density at radius 1 is 0.967 bits per heavy atom. The average Bonchev–Trinajstić information content (AvgIpc) is 3.40. The molecule has 0 fully saturated rings. The SMILES string of the molecule is Cc1ccc2ncnc(Sc3nnc(-c4ccccc4C)n3Cc3ccco3)c2c1. The predicted molar refractivity (Wildman–Crippen MR) is 116 cm³/mol. The minimum absolute atomic E-state index is 0.536. The molecule has 3 aromatic heterocycles. The summed E-state index contributed by atoms with van der Waals surface area (Å²) in [6.45, 7) is 4.68. The van der Waals surface area contributed by atoms with E-state index in [-0.39, 0.29) is 0 Å². The minimum atomic E-state index is 0.536. The molecule has 0 aliphatic heterocycles. The predicted octanol–water partition coefficient (Wildman–Crippen LogP) is 5.30. The lowest BCUT2D eigenvalue weighted by Gasteiger charge is -2.11. The van der Waals surface area contributed by atoms with E-state index in [1.54, 1.807) is 12.6 Å². The van der Waals surface area contributed by atoms with E-state index in [1.165, 1.54) is 11.8 Å². The van der Waals surface area contributed by atoms with Crippen molar-refractivity contribution < 1.29 is 4.42 Å². The number of nitrogens with zero attached hydrogens (tertiary/aromatic N) is 5. The van der Waals surface area contributed by atoms with Gasteiger partial charge in [0.25, 0.3) is 0 Å². The van der Waals surface area contributed by atoms with Crippen molar-refractivity contribution in [3.8, 4) is 11.4 Å². The number of aryl methyl sites for hydroxylation is 2. The van der Waals surface area contributed by atoms with Crippen LogP contribution in [0.2, 0.25) is 0 Å². The maximum absolute atomic E-state index is 5.61. The van der Waals surface area contributed by atoms with Gasteiger partial charge in [0.15, 0.2) is 11.0 Å². The Morgan fingerprint density at radius 3 is 2.70 bits per heavy atom. The van der Waals surface area contributed by atoms with Crippen LogP contribution < -0.4 is 0 Å². The van der Waals surface area contributed by atoms with Gasteiger partial charge in [-0.15, -0.1) is 10.2 Å². The quantitative estimate of drug-likeness (QED) is 0.364. The molecule has 0 saturated heterocycles. The highest BCUT2D eigenvalue weighted by atomic mass is 32.2. The Bertz CT molecular complexity index is 1330. The summed E-state index contributed by atoms with van der Waals surface area (Å²) >= 11 is 1.49. The molecule has 30 heavy (non-hydrogen) atoms. The monoisotopic (exact) mass is 413 g/mol. The topological polar surface area (TPSA) is 69.6 Å². The van der Waals surface area contributed by atoms with Gasteiger partial charge in [0.2, 0.25) is 0 Å². The van der Waals surface area contributed by atoms with E-state index in [1.807, 2.05) is 30.3 Å². The van der Waals surface area contributed by atoms with Crippen molar-refractivity contribution in [1.29, 1.82) is 0 Å². The lowest BCUT2D eigenvalue weighted by atomic mass is 10.1. The first-order valence-corrected chi connectivity index (χ1v) is 10.4. The molecule has 0 aliphatic rings. The zero-order valence-electron chi connectivity index (χ0n) is 16.6. The third-order valence-corrected chi connectivity index (χ3v) is 5.94. The Kier molecular flexibility index (Phi) is 4.80. The summed E-state index contributed by atoms with van der Waals surface area (Å²) in [5, 5.41) is 11.7. The second-order valence-corrected chi connectivity index (χ2v) is 8.04. The number of hydrogen-bond acceptors (Lipinski definition) is 6. The summed E-state index contributed by atoms with van der Waals surface area (Å²) < 4.78 is 7.69. The highest BCUT2D eigenvalue weighted by molar-refractivity contribution is 7.99. The molecule has 148 valence electrons. The number of aromatic nitrogens is 5.